The third kappa shape index (κ3) is 5.85. The first-order valence-electron chi connectivity index (χ1n) is 9.33. The van der Waals surface area contributed by atoms with E-state index in [0.29, 0.717) is 23.5 Å². The average Bonchev–Trinajstić information content (AvgIpc) is 2.90. The summed E-state index contributed by atoms with van der Waals surface area (Å²) in [5.74, 6) is 2.29. The zero-order valence-corrected chi connectivity index (χ0v) is 15.7. The normalized spacial score (nSPS) is 16.7. The van der Waals surface area contributed by atoms with Crippen molar-refractivity contribution >= 4 is 10.8 Å². The Bertz CT molecular complexity index is 805. The van der Waals surface area contributed by atoms with E-state index in [1.54, 1.807) is 12.1 Å². The summed E-state index contributed by atoms with van der Waals surface area (Å²) in [4.78, 5) is 0. The van der Waals surface area contributed by atoms with Crippen molar-refractivity contribution in [1.29, 1.82) is 0 Å². The Hall–Kier alpha value is -2.28. The SMILES string of the molecule is C.C.C.C.CC1c2cccc3cccc(c23)C1C.CCC(C)c1ccc(O)cc1. The second-order valence-corrected chi connectivity index (χ2v) is 7.27. The zero-order chi connectivity index (χ0) is 18.0. The Kier molecular flexibility index (Phi) is 12.3. The van der Waals surface area contributed by atoms with Crippen LogP contribution in [0.25, 0.3) is 10.8 Å². The highest BCUT2D eigenvalue weighted by molar-refractivity contribution is 5.92. The van der Waals surface area contributed by atoms with Gasteiger partial charge in [0.1, 0.15) is 5.75 Å². The van der Waals surface area contributed by atoms with Gasteiger partial charge in [0, 0.05) is 0 Å². The Labute approximate surface area is 180 Å². The molecule has 1 nitrogen and oxygen atoms in total. The van der Waals surface area contributed by atoms with Gasteiger partial charge >= 0.3 is 0 Å². The number of phenolic OH excluding ortho intramolecular Hbond substituents is 1. The second kappa shape index (κ2) is 12.3. The Morgan fingerprint density at radius 1 is 0.759 bits per heavy atom. The lowest BCUT2D eigenvalue weighted by Crippen LogP contribution is -1.95. The quantitative estimate of drug-likeness (QED) is 0.457. The molecule has 1 aliphatic rings. The molecule has 162 valence electrons. The standard InChI is InChI=1S/C14H14.C10H14O.4CH4/c1-9-10(2)13-8-4-6-11-5-3-7-12(9)14(11)13;1-3-8(2)9-4-6-10(11)7-5-9;;;;/h3-10H,1-2H3;4-8,11H,3H2,1-2H3;4*1H4. The summed E-state index contributed by atoms with van der Waals surface area (Å²) in [5, 5.41) is 11.9. The van der Waals surface area contributed by atoms with Crippen molar-refractivity contribution < 1.29 is 5.11 Å². The van der Waals surface area contributed by atoms with Crippen LogP contribution in [0.5, 0.6) is 5.75 Å². The van der Waals surface area contributed by atoms with Crippen LogP contribution in [0.2, 0.25) is 0 Å². The monoisotopic (exact) mass is 396 g/mol. The van der Waals surface area contributed by atoms with Gasteiger partial charge in [-0.15, -0.1) is 0 Å². The van der Waals surface area contributed by atoms with Crippen LogP contribution in [0.1, 0.15) is 98.3 Å². The molecule has 0 amide bonds. The van der Waals surface area contributed by atoms with Gasteiger partial charge in [0.05, 0.1) is 0 Å². The molecule has 0 aliphatic heterocycles. The molecule has 0 aromatic heterocycles. The van der Waals surface area contributed by atoms with Crippen molar-refractivity contribution in [2.75, 3.05) is 0 Å². The first kappa shape index (κ1) is 28.9. The molecule has 4 rings (SSSR count). The molecule has 0 fully saturated rings. The van der Waals surface area contributed by atoms with Crippen molar-refractivity contribution in [3.8, 4) is 5.75 Å². The van der Waals surface area contributed by atoms with E-state index in [9.17, 15) is 0 Å². The molecule has 1 heteroatoms. The van der Waals surface area contributed by atoms with E-state index in [1.165, 1.54) is 27.5 Å². The summed E-state index contributed by atoms with van der Waals surface area (Å²) in [7, 11) is 0. The van der Waals surface area contributed by atoms with Crippen LogP contribution in [0.3, 0.4) is 0 Å². The maximum atomic E-state index is 9.01. The van der Waals surface area contributed by atoms with Gasteiger partial charge in [0.25, 0.3) is 0 Å². The number of hydrogen-bond acceptors (Lipinski definition) is 1. The molecule has 1 N–H and O–H groups in total. The maximum Gasteiger partial charge on any atom is 0.115 e. The van der Waals surface area contributed by atoms with Crippen LogP contribution in [0.15, 0.2) is 60.7 Å². The fourth-order valence-corrected chi connectivity index (χ4v) is 3.74. The van der Waals surface area contributed by atoms with E-state index < -0.39 is 0 Å². The minimum absolute atomic E-state index is 0. The minimum atomic E-state index is 0. The third-order valence-corrected chi connectivity index (χ3v) is 5.77. The number of phenols is 1. The van der Waals surface area contributed by atoms with Crippen LogP contribution in [-0.2, 0) is 0 Å². The lowest BCUT2D eigenvalue weighted by molar-refractivity contribution is 0.475. The molecule has 29 heavy (non-hydrogen) atoms. The molecular weight excluding hydrogens is 352 g/mol. The molecule has 0 spiro atoms. The summed E-state index contributed by atoms with van der Waals surface area (Å²) in [6, 6.07) is 20.8. The lowest BCUT2D eigenvalue weighted by Gasteiger charge is -2.10. The molecule has 0 radical (unpaired) electrons. The molecule has 0 bridgehead atoms. The first-order valence-corrected chi connectivity index (χ1v) is 9.33. The van der Waals surface area contributed by atoms with Crippen LogP contribution < -0.4 is 0 Å². The van der Waals surface area contributed by atoms with Crippen LogP contribution in [-0.4, -0.2) is 5.11 Å². The molecule has 0 saturated carbocycles. The fraction of sp³-hybridized carbons (Fsp3) is 0.429. The molecule has 0 heterocycles. The van der Waals surface area contributed by atoms with Crippen molar-refractivity contribution in [2.45, 2.75) is 81.6 Å². The molecule has 0 saturated heterocycles. The van der Waals surface area contributed by atoms with E-state index in [-0.39, 0.29) is 29.7 Å². The second-order valence-electron chi connectivity index (χ2n) is 7.27. The zero-order valence-electron chi connectivity index (χ0n) is 15.7. The average molecular weight is 397 g/mol. The predicted molar refractivity (Wildman–Crippen MR) is 135 cm³/mol. The Balaban J connectivity index is 0. The van der Waals surface area contributed by atoms with Crippen LogP contribution in [0, 0.1) is 0 Å². The van der Waals surface area contributed by atoms with Crippen LogP contribution >= 0.6 is 0 Å². The highest BCUT2D eigenvalue weighted by atomic mass is 16.3. The maximum absolute atomic E-state index is 9.01. The fourth-order valence-electron chi connectivity index (χ4n) is 3.74. The largest absolute Gasteiger partial charge is 0.508 e. The molecule has 3 unspecified atom stereocenters. The number of rotatable bonds is 2. The summed E-state index contributed by atoms with van der Waals surface area (Å²) in [5.41, 5.74) is 4.36. The minimum Gasteiger partial charge on any atom is -0.508 e. The topological polar surface area (TPSA) is 20.2 Å². The van der Waals surface area contributed by atoms with Crippen molar-refractivity contribution in [1.82, 2.24) is 0 Å². The molecular formula is C28H44O. The van der Waals surface area contributed by atoms with Gasteiger partial charge in [-0.3, -0.25) is 0 Å². The number of benzene rings is 3. The molecule has 3 aromatic carbocycles. The van der Waals surface area contributed by atoms with Crippen molar-refractivity contribution in [3.63, 3.8) is 0 Å². The number of hydrogen-bond donors (Lipinski definition) is 1. The predicted octanol–water partition coefficient (Wildman–Crippen LogP) is 9.51. The summed E-state index contributed by atoms with van der Waals surface area (Å²) >= 11 is 0. The smallest absolute Gasteiger partial charge is 0.115 e. The molecule has 1 aliphatic carbocycles. The van der Waals surface area contributed by atoms with Gasteiger partial charge in [-0.25, -0.2) is 0 Å². The highest BCUT2D eigenvalue weighted by Crippen LogP contribution is 2.45. The highest BCUT2D eigenvalue weighted by Gasteiger charge is 2.27. The van der Waals surface area contributed by atoms with Gasteiger partial charge in [-0.05, 0) is 63.8 Å². The van der Waals surface area contributed by atoms with E-state index in [2.05, 4.69) is 64.1 Å². The third-order valence-electron chi connectivity index (χ3n) is 5.77. The molecule has 3 atom stereocenters. The van der Waals surface area contributed by atoms with Crippen molar-refractivity contribution in [3.05, 3.63) is 77.4 Å². The van der Waals surface area contributed by atoms with Gasteiger partial charge in [-0.2, -0.15) is 0 Å². The van der Waals surface area contributed by atoms with E-state index in [4.69, 9.17) is 5.11 Å². The summed E-state index contributed by atoms with van der Waals surface area (Å²) < 4.78 is 0. The van der Waals surface area contributed by atoms with Crippen molar-refractivity contribution in [2.24, 2.45) is 0 Å². The lowest BCUT2D eigenvalue weighted by atomic mass is 9.94. The summed E-state index contributed by atoms with van der Waals surface area (Å²) in [6.07, 6.45) is 1.14. The van der Waals surface area contributed by atoms with Gasteiger partial charge in [0.15, 0.2) is 0 Å². The first-order chi connectivity index (χ1) is 12.0. The number of aromatic hydroxyl groups is 1. The van der Waals surface area contributed by atoms with E-state index in [1.807, 2.05) is 12.1 Å². The Morgan fingerprint density at radius 3 is 1.62 bits per heavy atom. The van der Waals surface area contributed by atoms with Gasteiger partial charge in [-0.1, -0.05) is 106 Å². The molecule has 3 aromatic rings. The van der Waals surface area contributed by atoms with E-state index in [0.717, 1.165) is 6.42 Å². The van der Waals surface area contributed by atoms with E-state index >= 15 is 0 Å². The van der Waals surface area contributed by atoms with Gasteiger partial charge in [0.2, 0.25) is 0 Å². The van der Waals surface area contributed by atoms with Gasteiger partial charge < -0.3 is 5.11 Å². The summed E-state index contributed by atoms with van der Waals surface area (Å²) in [6.45, 7) is 9.02. The van der Waals surface area contributed by atoms with Crippen LogP contribution in [0.4, 0.5) is 0 Å². The Morgan fingerprint density at radius 2 is 1.21 bits per heavy atom.